The number of aryl methyl sites for hydroxylation is 2. The minimum Gasteiger partial charge on any atom is -0.382 e. The molecule has 0 spiro atoms. The number of hydrogen-bond donors (Lipinski definition) is 1. The summed E-state index contributed by atoms with van der Waals surface area (Å²) in [6.07, 6.45) is 7.26. The Morgan fingerprint density at radius 2 is 2.40 bits per heavy atom. The van der Waals surface area contributed by atoms with Gasteiger partial charge in [0, 0.05) is 37.8 Å². The summed E-state index contributed by atoms with van der Waals surface area (Å²) in [4.78, 5) is 4.60. The molecule has 0 radical (unpaired) electrons. The van der Waals surface area contributed by atoms with Crippen LogP contribution < -0.4 is 5.32 Å². The van der Waals surface area contributed by atoms with Crippen molar-refractivity contribution in [2.24, 2.45) is 0 Å². The van der Waals surface area contributed by atoms with Crippen LogP contribution in [0.4, 0.5) is 5.95 Å². The van der Waals surface area contributed by atoms with Crippen molar-refractivity contribution in [2.75, 3.05) is 30.8 Å². The number of rotatable bonds is 8. The molecule has 0 aromatic carbocycles. The molecule has 1 aromatic heterocycles. The average Bonchev–Trinajstić information content (AvgIpc) is 2.83. The van der Waals surface area contributed by atoms with Crippen LogP contribution in [0.25, 0.3) is 0 Å². The fourth-order valence-electron chi connectivity index (χ4n) is 2.51. The molecule has 5 heteroatoms. The maximum atomic E-state index is 5.40. The fraction of sp³-hybridized carbons (Fsp3) is 0.800. The first kappa shape index (κ1) is 15.7. The third-order valence-corrected chi connectivity index (χ3v) is 4.95. The molecule has 1 atom stereocenters. The van der Waals surface area contributed by atoms with Crippen LogP contribution in [0, 0.1) is 6.92 Å². The van der Waals surface area contributed by atoms with Crippen molar-refractivity contribution in [2.45, 2.75) is 51.3 Å². The van der Waals surface area contributed by atoms with Crippen LogP contribution in [0.5, 0.6) is 0 Å². The lowest BCUT2D eigenvalue weighted by Gasteiger charge is -2.21. The molecule has 1 aromatic rings. The van der Waals surface area contributed by atoms with E-state index in [9.17, 15) is 0 Å². The summed E-state index contributed by atoms with van der Waals surface area (Å²) in [7, 11) is 0. The molecule has 1 fully saturated rings. The maximum absolute atomic E-state index is 5.40. The molecule has 0 amide bonds. The zero-order valence-corrected chi connectivity index (χ0v) is 13.5. The van der Waals surface area contributed by atoms with E-state index >= 15 is 0 Å². The van der Waals surface area contributed by atoms with E-state index in [4.69, 9.17) is 4.74 Å². The van der Waals surface area contributed by atoms with Crippen molar-refractivity contribution in [3.63, 3.8) is 0 Å². The van der Waals surface area contributed by atoms with Gasteiger partial charge in [-0.3, -0.25) is 0 Å². The normalized spacial score (nSPS) is 19.2. The van der Waals surface area contributed by atoms with Crippen molar-refractivity contribution in [3.8, 4) is 0 Å². The highest BCUT2D eigenvalue weighted by Gasteiger charge is 2.14. The van der Waals surface area contributed by atoms with E-state index in [0.717, 1.165) is 49.6 Å². The monoisotopic (exact) mass is 297 g/mol. The van der Waals surface area contributed by atoms with Crippen LogP contribution in [0.2, 0.25) is 0 Å². The van der Waals surface area contributed by atoms with E-state index < -0.39 is 0 Å². The van der Waals surface area contributed by atoms with E-state index in [-0.39, 0.29) is 0 Å². The van der Waals surface area contributed by atoms with E-state index in [0.29, 0.717) is 0 Å². The maximum Gasteiger partial charge on any atom is 0.203 e. The molecule has 2 heterocycles. The molecule has 1 aliphatic rings. The quantitative estimate of drug-likeness (QED) is 0.747. The van der Waals surface area contributed by atoms with Crippen LogP contribution >= 0.6 is 11.8 Å². The van der Waals surface area contributed by atoms with Crippen LogP contribution in [0.3, 0.4) is 0 Å². The van der Waals surface area contributed by atoms with Gasteiger partial charge >= 0.3 is 0 Å². The summed E-state index contributed by atoms with van der Waals surface area (Å²) in [5.74, 6) is 2.33. The Hall–Kier alpha value is -0.680. The van der Waals surface area contributed by atoms with Gasteiger partial charge in [-0.15, -0.1) is 0 Å². The smallest absolute Gasteiger partial charge is 0.203 e. The van der Waals surface area contributed by atoms with Crippen LogP contribution in [-0.4, -0.2) is 40.3 Å². The number of imidazole rings is 1. The van der Waals surface area contributed by atoms with E-state index in [1.165, 1.54) is 25.0 Å². The van der Waals surface area contributed by atoms with Gasteiger partial charge in [0.25, 0.3) is 0 Å². The van der Waals surface area contributed by atoms with Crippen molar-refractivity contribution in [1.82, 2.24) is 9.55 Å². The van der Waals surface area contributed by atoms with Gasteiger partial charge in [-0.2, -0.15) is 11.8 Å². The van der Waals surface area contributed by atoms with Crippen LogP contribution in [0.15, 0.2) is 6.20 Å². The molecular weight excluding hydrogens is 270 g/mol. The number of thioether (sulfide) groups is 1. The molecule has 1 N–H and O–H groups in total. The molecule has 1 unspecified atom stereocenters. The Labute approximate surface area is 126 Å². The Kier molecular flexibility index (Phi) is 6.73. The first-order valence-corrected chi connectivity index (χ1v) is 8.81. The molecule has 2 rings (SSSR count). The lowest BCUT2D eigenvalue weighted by atomic mass is 10.2. The molecule has 0 saturated carbocycles. The zero-order chi connectivity index (χ0) is 14.2. The van der Waals surface area contributed by atoms with Gasteiger partial charge in [0.15, 0.2) is 0 Å². The standard InChI is InChI=1S/C15H27N3OS/c1-3-19-9-6-8-18-12-13(2)17-15(18)16-11-14-7-4-5-10-20-14/h12,14H,3-11H2,1-2H3,(H,16,17). The van der Waals surface area contributed by atoms with E-state index in [1.54, 1.807) is 0 Å². The molecule has 0 aliphatic carbocycles. The molecule has 1 saturated heterocycles. The second-order valence-electron chi connectivity index (χ2n) is 5.32. The predicted molar refractivity (Wildman–Crippen MR) is 86.7 cm³/mol. The summed E-state index contributed by atoms with van der Waals surface area (Å²) < 4.78 is 7.62. The van der Waals surface area contributed by atoms with Gasteiger partial charge in [0.1, 0.15) is 0 Å². The number of nitrogens with one attached hydrogen (secondary N) is 1. The van der Waals surface area contributed by atoms with Crippen LogP contribution in [-0.2, 0) is 11.3 Å². The van der Waals surface area contributed by atoms with Crippen molar-refractivity contribution >= 4 is 17.7 Å². The van der Waals surface area contributed by atoms with Crippen molar-refractivity contribution < 1.29 is 4.74 Å². The van der Waals surface area contributed by atoms with Crippen LogP contribution in [0.1, 0.15) is 38.3 Å². The first-order valence-electron chi connectivity index (χ1n) is 7.76. The third kappa shape index (κ3) is 5.02. The van der Waals surface area contributed by atoms with E-state index in [2.05, 4.69) is 39.8 Å². The molecule has 114 valence electrons. The minimum absolute atomic E-state index is 0.748. The van der Waals surface area contributed by atoms with Crippen molar-refractivity contribution in [3.05, 3.63) is 11.9 Å². The van der Waals surface area contributed by atoms with Gasteiger partial charge < -0.3 is 14.6 Å². The summed E-state index contributed by atoms with van der Waals surface area (Å²) in [6.45, 7) is 7.72. The highest BCUT2D eigenvalue weighted by Crippen LogP contribution is 2.25. The van der Waals surface area contributed by atoms with Gasteiger partial charge in [0.05, 0.1) is 5.69 Å². The minimum atomic E-state index is 0.748. The molecule has 20 heavy (non-hydrogen) atoms. The predicted octanol–water partition coefficient (Wildman–Crippen LogP) is 3.32. The summed E-state index contributed by atoms with van der Waals surface area (Å²) in [5.41, 5.74) is 1.08. The Bertz CT molecular complexity index is 388. The van der Waals surface area contributed by atoms with Gasteiger partial charge in [-0.05, 0) is 38.9 Å². The molecule has 1 aliphatic heterocycles. The topological polar surface area (TPSA) is 39.1 Å². The summed E-state index contributed by atoms with van der Waals surface area (Å²) in [6, 6.07) is 0. The Balaban J connectivity index is 1.80. The largest absolute Gasteiger partial charge is 0.382 e. The highest BCUT2D eigenvalue weighted by atomic mass is 32.2. The average molecular weight is 297 g/mol. The fourth-order valence-corrected chi connectivity index (χ4v) is 3.75. The number of anilines is 1. The van der Waals surface area contributed by atoms with Gasteiger partial charge in [-0.1, -0.05) is 6.42 Å². The third-order valence-electron chi connectivity index (χ3n) is 3.55. The Morgan fingerprint density at radius 3 is 3.15 bits per heavy atom. The second kappa shape index (κ2) is 8.57. The lowest BCUT2D eigenvalue weighted by molar-refractivity contribution is 0.142. The molecule has 0 bridgehead atoms. The number of hydrogen-bond acceptors (Lipinski definition) is 4. The Morgan fingerprint density at radius 1 is 1.50 bits per heavy atom. The van der Waals surface area contributed by atoms with Crippen molar-refractivity contribution in [1.29, 1.82) is 0 Å². The summed E-state index contributed by atoms with van der Waals surface area (Å²) in [5, 5.41) is 4.28. The first-order chi connectivity index (χ1) is 9.79. The summed E-state index contributed by atoms with van der Waals surface area (Å²) >= 11 is 2.10. The highest BCUT2D eigenvalue weighted by molar-refractivity contribution is 7.99. The lowest BCUT2D eigenvalue weighted by Crippen LogP contribution is -2.21. The molecule has 4 nitrogen and oxygen atoms in total. The number of aromatic nitrogens is 2. The van der Waals surface area contributed by atoms with Gasteiger partial charge in [0.2, 0.25) is 5.95 Å². The van der Waals surface area contributed by atoms with Gasteiger partial charge in [-0.25, -0.2) is 4.98 Å². The van der Waals surface area contributed by atoms with E-state index in [1.807, 2.05) is 6.92 Å². The second-order valence-corrected chi connectivity index (χ2v) is 6.73. The zero-order valence-electron chi connectivity index (χ0n) is 12.7. The SMILES string of the molecule is CCOCCCn1cc(C)nc1NCC1CCCCS1. The molecular formula is C15H27N3OS. The number of nitrogens with zero attached hydrogens (tertiary/aromatic N) is 2. The number of ether oxygens (including phenoxy) is 1.